The van der Waals surface area contributed by atoms with Crippen LogP contribution in [0, 0.1) is 0 Å². The summed E-state index contributed by atoms with van der Waals surface area (Å²) < 4.78 is 56.0. The van der Waals surface area contributed by atoms with Crippen molar-refractivity contribution in [1.29, 1.82) is 0 Å². The van der Waals surface area contributed by atoms with Crippen LogP contribution < -0.4 is 148 Å². The molecule has 30 heavy (non-hydrogen) atoms. The predicted molar refractivity (Wildman–Crippen MR) is 73.5 cm³/mol. The van der Waals surface area contributed by atoms with Crippen LogP contribution in [0.5, 0.6) is 0 Å². The van der Waals surface area contributed by atoms with Crippen LogP contribution >= 0.6 is 23.5 Å². The summed E-state index contributed by atoms with van der Waals surface area (Å²) in [6.07, 6.45) is -9.75. The number of aliphatic hydroxyl groups is 1. The van der Waals surface area contributed by atoms with Gasteiger partial charge in [-0.2, -0.15) is 0 Å². The van der Waals surface area contributed by atoms with Crippen molar-refractivity contribution in [3.63, 3.8) is 0 Å². The molecular weight excluding hydrogens is 532 g/mol. The first-order valence-electron chi connectivity index (χ1n) is 6.18. The third-order valence-electron chi connectivity index (χ3n) is 2.78. The third-order valence-corrected chi connectivity index (χ3v) is 4.33. The van der Waals surface area contributed by atoms with E-state index in [0.29, 0.717) is 0 Å². The van der Waals surface area contributed by atoms with E-state index in [4.69, 9.17) is 38.8 Å². The van der Waals surface area contributed by atoms with E-state index in [9.17, 15) is 18.8 Å². The Hall–Kier alpha value is 5.21. The van der Waals surface area contributed by atoms with Crippen molar-refractivity contribution in [2.24, 2.45) is 0 Å². The number of phosphoric acid groups is 3. The first-order chi connectivity index (χ1) is 11.2. The van der Waals surface area contributed by atoms with Crippen LogP contribution in [0.2, 0.25) is 0 Å². The number of hydrogen-bond donors (Lipinski definition) is 7. The molecule has 5 atom stereocenters. The Morgan fingerprint density at radius 2 is 1.03 bits per heavy atom. The van der Waals surface area contributed by atoms with Gasteiger partial charge in [0.15, 0.2) is 6.29 Å². The molecule has 1 rings (SSSR count). The number of ether oxygens (including phenoxy) is 2. The number of hydrogen-bond acceptors (Lipinski definition) is 9. The summed E-state index contributed by atoms with van der Waals surface area (Å²) in [5.74, 6) is 0. The van der Waals surface area contributed by atoms with E-state index in [-0.39, 0.29) is 148 Å². The van der Waals surface area contributed by atoms with E-state index in [2.05, 4.69) is 13.6 Å². The molecule has 1 heterocycles. The summed E-state index contributed by atoms with van der Waals surface area (Å²) in [6, 6.07) is 0. The van der Waals surface area contributed by atoms with Crippen LogP contribution in [-0.2, 0) is 36.7 Å². The number of methoxy groups -OCH3 is 1. The molecule has 0 bridgehead atoms. The summed E-state index contributed by atoms with van der Waals surface area (Å²) in [7, 11) is -15.0. The minimum atomic E-state index is -5.37. The number of phosphoric ester groups is 3. The van der Waals surface area contributed by atoms with Gasteiger partial charge in [0.1, 0.15) is 24.4 Å². The largest absolute Gasteiger partial charge is 1.00 e. The minimum absolute atomic E-state index is 0. The average molecular weight is 549 g/mol. The molecule has 0 aliphatic carbocycles. The summed E-state index contributed by atoms with van der Waals surface area (Å²) in [4.78, 5) is 53.6. The monoisotopic (exact) mass is 549 g/mol. The van der Waals surface area contributed by atoms with Crippen molar-refractivity contribution in [3.05, 3.63) is 0 Å². The van der Waals surface area contributed by atoms with Crippen LogP contribution in [-0.4, -0.2) is 78.9 Å². The fourth-order valence-electron chi connectivity index (χ4n) is 2.05. The zero-order valence-corrected chi connectivity index (χ0v) is 30.0. The van der Waals surface area contributed by atoms with E-state index < -0.39 is 60.8 Å². The maximum Gasteiger partial charge on any atom is 1.00 e. The van der Waals surface area contributed by atoms with Crippen molar-refractivity contribution in [2.75, 3.05) is 13.7 Å². The summed E-state index contributed by atoms with van der Waals surface area (Å²) >= 11 is 0. The summed E-state index contributed by atoms with van der Waals surface area (Å²) in [5.41, 5.74) is 0. The van der Waals surface area contributed by atoms with Gasteiger partial charge < -0.3 is 43.9 Å². The van der Waals surface area contributed by atoms with Crippen molar-refractivity contribution in [3.8, 4) is 0 Å². The molecule has 0 radical (unpaired) electrons. The van der Waals surface area contributed by atoms with Crippen molar-refractivity contribution >= 4 is 23.5 Å². The van der Waals surface area contributed by atoms with E-state index in [1.807, 2.05) is 0 Å². The van der Waals surface area contributed by atoms with Crippen molar-refractivity contribution in [1.82, 2.24) is 0 Å². The van der Waals surface area contributed by atoms with Crippen LogP contribution in [0.3, 0.4) is 0 Å². The van der Waals surface area contributed by atoms with E-state index in [1.165, 1.54) is 0 Å². The zero-order valence-electron chi connectivity index (χ0n) is 17.3. The van der Waals surface area contributed by atoms with Crippen LogP contribution in [0.4, 0.5) is 0 Å². The summed E-state index contributed by atoms with van der Waals surface area (Å²) in [5, 5.41) is 9.25. The number of rotatable bonds is 8. The van der Waals surface area contributed by atoms with E-state index in [1.54, 1.807) is 0 Å². The van der Waals surface area contributed by atoms with Crippen LogP contribution in [0.25, 0.3) is 0 Å². The molecule has 0 aromatic rings. The first-order valence-corrected chi connectivity index (χ1v) is 10.8. The van der Waals surface area contributed by atoms with Gasteiger partial charge in [0.05, 0.1) is 6.61 Å². The maximum absolute atomic E-state index is 11.1. The molecule has 1 fully saturated rings. The second-order valence-corrected chi connectivity index (χ2v) is 8.22. The molecule has 7 N–H and O–H groups in total. The van der Waals surface area contributed by atoms with Crippen LogP contribution in [0.1, 0.15) is 0 Å². The Morgan fingerprint density at radius 3 is 1.33 bits per heavy atom. The van der Waals surface area contributed by atoms with Gasteiger partial charge in [-0.25, -0.2) is 13.7 Å². The summed E-state index contributed by atoms with van der Waals surface area (Å²) in [6.45, 7) is -0.978. The molecule has 1 aliphatic rings. The molecular formula is C7H17Na5O15P3+5. The average Bonchev–Trinajstić information content (AvgIpc) is 2.38. The first kappa shape index (κ1) is 45.2. The van der Waals surface area contributed by atoms with E-state index >= 15 is 0 Å². The van der Waals surface area contributed by atoms with Crippen molar-refractivity contribution < 1.29 is 219 Å². The Morgan fingerprint density at radius 1 is 0.700 bits per heavy atom. The molecule has 150 valence electrons. The van der Waals surface area contributed by atoms with Gasteiger partial charge in [0.2, 0.25) is 0 Å². The minimum Gasteiger partial charge on any atom is -0.394 e. The van der Waals surface area contributed by atoms with Gasteiger partial charge in [-0.05, 0) is 0 Å². The van der Waals surface area contributed by atoms with Gasteiger partial charge in [0.25, 0.3) is 0 Å². The smallest absolute Gasteiger partial charge is 0.394 e. The van der Waals surface area contributed by atoms with Crippen molar-refractivity contribution in [2.45, 2.75) is 30.7 Å². The van der Waals surface area contributed by atoms with Gasteiger partial charge in [-0.15, -0.1) is 0 Å². The van der Waals surface area contributed by atoms with Gasteiger partial charge >= 0.3 is 171 Å². The molecule has 0 amide bonds. The fourth-order valence-corrected chi connectivity index (χ4v) is 3.72. The maximum atomic E-state index is 11.1. The topological polar surface area (TPSA) is 239 Å². The molecule has 0 spiro atoms. The third kappa shape index (κ3) is 17.6. The predicted octanol–water partition coefficient (Wildman–Crippen LogP) is -17.2. The van der Waals surface area contributed by atoms with Gasteiger partial charge in [-0.3, -0.25) is 13.6 Å². The Labute approximate surface area is 282 Å². The van der Waals surface area contributed by atoms with Crippen LogP contribution in [0.15, 0.2) is 0 Å². The fraction of sp³-hybridized carbons (Fsp3) is 1.00. The zero-order chi connectivity index (χ0) is 19.6. The van der Waals surface area contributed by atoms with Gasteiger partial charge in [0, 0.05) is 7.11 Å². The van der Waals surface area contributed by atoms with Gasteiger partial charge in [-0.1, -0.05) is 0 Å². The molecule has 15 nitrogen and oxygen atoms in total. The quantitative estimate of drug-likeness (QED) is 0.110. The Kier molecular flexibility index (Phi) is 29.1. The second-order valence-electron chi connectivity index (χ2n) is 4.64. The number of aliphatic hydroxyl groups excluding tert-OH is 1. The molecule has 0 saturated carbocycles. The normalized spacial score (nSPS) is 26.6. The molecule has 0 aromatic carbocycles. The molecule has 1 saturated heterocycles. The molecule has 0 aromatic heterocycles. The SMILES string of the molecule is CO[C@H]1O[C@H](CO)[C@@H](OP(=O)(O)O)[C@H](OP(=O)(O)O)[C@@H]1OP(=O)(O)O.[Na+].[Na+].[Na+].[Na+].[Na+]. The Balaban J connectivity index is -0.000000417. The molecule has 0 unspecified atom stereocenters. The van der Waals surface area contributed by atoms with E-state index in [0.717, 1.165) is 7.11 Å². The molecule has 1 aliphatic heterocycles. The Bertz CT molecular complexity index is 557. The standard InChI is InChI=1S/C7H17O15P3.5Na/c1-18-7-6(22-25(15,16)17)5(21-24(12,13)14)4(3(2-8)19-7)20-23(9,10)11;;;;;/h3-8H,2H2,1H3,(H2,9,10,11)(H2,12,13,14)(H2,15,16,17);;;;;/q;5*+1/t3-,4-,5+,6+,7+;;;;;/m1...../s1. The second kappa shape index (κ2) is 19.3. The molecule has 23 heteroatoms.